The number of thiazole rings is 1. The SMILES string of the molecule is Cc1c(Cl)ccc2sc(N(Cc3ccccc3)C(=O)c3ccc(S(=O)(=O)N4CCCCC4)cc3)nc12. The van der Waals surface area contributed by atoms with Crippen molar-refractivity contribution in [3.05, 3.63) is 88.4 Å². The van der Waals surface area contributed by atoms with Gasteiger partial charge in [0.05, 0.1) is 21.7 Å². The zero-order valence-corrected chi connectivity index (χ0v) is 22.2. The lowest BCUT2D eigenvalue weighted by molar-refractivity contribution is 0.0985. The molecular formula is C27H26ClN3O3S2. The smallest absolute Gasteiger partial charge is 0.260 e. The maximum Gasteiger partial charge on any atom is 0.260 e. The molecule has 0 spiro atoms. The highest BCUT2D eigenvalue weighted by molar-refractivity contribution is 7.89. The summed E-state index contributed by atoms with van der Waals surface area (Å²) < 4.78 is 28.5. The Labute approximate surface area is 220 Å². The molecule has 2 heterocycles. The van der Waals surface area contributed by atoms with Crippen molar-refractivity contribution in [1.29, 1.82) is 0 Å². The van der Waals surface area contributed by atoms with Crippen molar-refractivity contribution >= 4 is 54.2 Å². The Balaban J connectivity index is 1.49. The van der Waals surface area contributed by atoms with Crippen LogP contribution in [0.4, 0.5) is 5.13 Å². The van der Waals surface area contributed by atoms with Gasteiger partial charge in [-0.15, -0.1) is 0 Å². The molecule has 0 unspecified atom stereocenters. The van der Waals surface area contributed by atoms with Crippen LogP contribution in [0.2, 0.25) is 5.02 Å². The Bertz CT molecular complexity index is 1500. The first-order valence-electron chi connectivity index (χ1n) is 11.9. The van der Waals surface area contributed by atoms with E-state index in [0.29, 0.717) is 35.4 Å². The molecule has 0 aliphatic carbocycles. The van der Waals surface area contributed by atoms with Gasteiger partial charge in [0.25, 0.3) is 5.91 Å². The number of aryl methyl sites for hydroxylation is 1. The number of anilines is 1. The Kier molecular flexibility index (Phi) is 7.12. The molecule has 1 amide bonds. The zero-order valence-electron chi connectivity index (χ0n) is 19.9. The van der Waals surface area contributed by atoms with Crippen LogP contribution in [0.1, 0.15) is 40.7 Å². The van der Waals surface area contributed by atoms with Crippen molar-refractivity contribution in [2.75, 3.05) is 18.0 Å². The van der Waals surface area contributed by atoms with Gasteiger partial charge in [-0.1, -0.05) is 59.7 Å². The number of carbonyl (C=O) groups is 1. The number of hydrogen-bond donors (Lipinski definition) is 0. The van der Waals surface area contributed by atoms with Crippen LogP contribution in [0.15, 0.2) is 71.6 Å². The van der Waals surface area contributed by atoms with Crippen LogP contribution in [0, 0.1) is 6.92 Å². The number of nitrogens with zero attached hydrogens (tertiary/aromatic N) is 3. The van der Waals surface area contributed by atoms with Gasteiger partial charge in [-0.3, -0.25) is 9.69 Å². The lowest BCUT2D eigenvalue weighted by Crippen LogP contribution is -2.35. The average molecular weight is 540 g/mol. The molecule has 0 radical (unpaired) electrons. The van der Waals surface area contributed by atoms with Gasteiger partial charge in [0, 0.05) is 23.7 Å². The van der Waals surface area contributed by atoms with Gasteiger partial charge in [-0.05, 0) is 67.3 Å². The number of rotatable bonds is 6. The molecule has 4 aromatic rings. The molecule has 0 N–H and O–H groups in total. The predicted octanol–water partition coefficient (Wildman–Crippen LogP) is 6.28. The summed E-state index contributed by atoms with van der Waals surface area (Å²) in [6, 6.07) is 19.7. The molecule has 1 saturated heterocycles. The first-order valence-corrected chi connectivity index (χ1v) is 14.5. The minimum Gasteiger partial charge on any atom is -0.279 e. The first-order chi connectivity index (χ1) is 17.3. The number of amides is 1. The van der Waals surface area contributed by atoms with E-state index in [1.54, 1.807) is 17.0 Å². The van der Waals surface area contributed by atoms with Crippen LogP contribution in [-0.4, -0.2) is 36.7 Å². The monoisotopic (exact) mass is 539 g/mol. The average Bonchev–Trinajstić information content (AvgIpc) is 3.35. The van der Waals surface area contributed by atoms with E-state index in [-0.39, 0.29) is 10.8 Å². The van der Waals surface area contributed by atoms with E-state index in [2.05, 4.69) is 0 Å². The largest absolute Gasteiger partial charge is 0.279 e. The minimum absolute atomic E-state index is 0.209. The quantitative estimate of drug-likeness (QED) is 0.289. The second-order valence-corrected chi connectivity index (χ2v) is 12.2. The van der Waals surface area contributed by atoms with Crippen LogP contribution in [-0.2, 0) is 16.6 Å². The van der Waals surface area contributed by atoms with Gasteiger partial charge < -0.3 is 0 Å². The molecule has 0 bridgehead atoms. The Morgan fingerprint density at radius 2 is 1.69 bits per heavy atom. The maximum absolute atomic E-state index is 13.7. The van der Waals surface area contributed by atoms with Crippen molar-refractivity contribution < 1.29 is 13.2 Å². The van der Waals surface area contributed by atoms with Crippen LogP contribution in [0.3, 0.4) is 0 Å². The summed E-state index contributed by atoms with van der Waals surface area (Å²) in [6.45, 7) is 3.32. The summed E-state index contributed by atoms with van der Waals surface area (Å²) in [5.41, 5.74) is 3.01. The van der Waals surface area contributed by atoms with E-state index in [0.717, 1.165) is 40.6 Å². The molecule has 6 nitrogen and oxygen atoms in total. The molecule has 5 rings (SSSR count). The number of fused-ring (bicyclic) bond motifs is 1. The molecule has 0 atom stereocenters. The molecule has 186 valence electrons. The summed E-state index contributed by atoms with van der Waals surface area (Å²) >= 11 is 7.73. The second kappa shape index (κ2) is 10.3. The lowest BCUT2D eigenvalue weighted by atomic mass is 10.1. The second-order valence-electron chi connectivity index (χ2n) is 8.88. The molecule has 1 aliphatic rings. The highest BCUT2D eigenvalue weighted by Gasteiger charge is 2.27. The van der Waals surface area contributed by atoms with Crippen molar-refractivity contribution in [3.8, 4) is 0 Å². The molecule has 1 fully saturated rings. The van der Waals surface area contributed by atoms with Gasteiger partial charge in [-0.2, -0.15) is 4.31 Å². The zero-order chi connectivity index (χ0) is 25.3. The molecule has 9 heteroatoms. The molecule has 1 aromatic heterocycles. The summed E-state index contributed by atoms with van der Waals surface area (Å²) in [6.07, 6.45) is 2.79. The minimum atomic E-state index is -3.57. The molecule has 3 aromatic carbocycles. The number of hydrogen-bond acceptors (Lipinski definition) is 5. The number of aromatic nitrogens is 1. The number of benzene rings is 3. The van der Waals surface area contributed by atoms with Gasteiger partial charge in [0.1, 0.15) is 0 Å². The third-order valence-corrected chi connectivity index (χ3v) is 9.82. The Morgan fingerprint density at radius 3 is 2.39 bits per heavy atom. The molecule has 36 heavy (non-hydrogen) atoms. The van der Waals surface area contributed by atoms with E-state index >= 15 is 0 Å². The molecular weight excluding hydrogens is 514 g/mol. The standard InChI is InChI=1S/C27H26ClN3O3S2/c1-19-23(28)14-15-24-25(19)29-27(35-24)31(18-20-8-4-2-5-9-20)26(32)21-10-12-22(13-11-21)36(33,34)30-16-6-3-7-17-30/h2,4-5,8-15H,3,6-7,16-18H2,1H3. The van der Waals surface area contributed by atoms with Crippen molar-refractivity contribution in [3.63, 3.8) is 0 Å². The molecule has 0 saturated carbocycles. The predicted molar refractivity (Wildman–Crippen MR) is 145 cm³/mol. The third-order valence-electron chi connectivity index (χ3n) is 6.45. The van der Waals surface area contributed by atoms with Gasteiger partial charge in [-0.25, -0.2) is 13.4 Å². The maximum atomic E-state index is 13.7. The van der Waals surface area contributed by atoms with Crippen molar-refractivity contribution in [2.45, 2.75) is 37.6 Å². The lowest BCUT2D eigenvalue weighted by Gasteiger charge is -2.26. The number of halogens is 1. The summed E-state index contributed by atoms with van der Waals surface area (Å²) in [7, 11) is -3.57. The van der Waals surface area contributed by atoms with Crippen LogP contribution in [0.5, 0.6) is 0 Å². The summed E-state index contributed by atoms with van der Waals surface area (Å²) in [5, 5.41) is 1.19. The van der Waals surface area contributed by atoms with E-state index < -0.39 is 10.0 Å². The van der Waals surface area contributed by atoms with Crippen molar-refractivity contribution in [1.82, 2.24) is 9.29 Å². The number of piperidine rings is 1. The first kappa shape index (κ1) is 24.9. The number of carbonyl (C=O) groups excluding carboxylic acids is 1. The van der Waals surface area contributed by atoms with Crippen LogP contribution < -0.4 is 4.90 Å². The molecule has 1 aliphatic heterocycles. The summed E-state index contributed by atoms with van der Waals surface area (Å²) in [5.74, 6) is -0.247. The Morgan fingerprint density at radius 1 is 1.00 bits per heavy atom. The fourth-order valence-corrected chi connectivity index (χ4v) is 7.07. The van der Waals surface area contributed by atoms with E-state index in [1.807, 2.05) is 49.4 Å². The number of sulfonamides is 1. The topological polar surface area (TPSA) is 70.6 Å². The third kappa shape index (κ3) is 4.91. The highest BCUT2D eigenvalue weighted by atomic mass is 35.5. The van der Waals surface area contributed by atoms with Gasteiger partial charge in [0.2, 0.25) is 10.0 Å². The normalized spacial score (nSPS) is 14.7. The van der Waals surface area contributed by atoms with Crippen LogP contribution >= 0.6 is 22.9 Å². The van der Waals surface area contributed by atoms with Gasteiger partial charge >= 0.3 is 0 Å². The van der Waals surface area contributed by atoms with E-state index in [4.69, 9.17) is 16.6 Å². The van der Waals surface area contributed by atoms with Gasteiger partial charge in [0.15, 0.2) is 5.13 Å². The fourth-order valence-electron chi connectivity index (χ4n) is 4.38. The summed E-state index contributed by atoms with van der Waals surface area (Å²) in [4.78, 5) is 20.4. The van der Waals surface area contributed by atoms with E-state index in [1.165, 1.54) is 27.8 Å². The van der Waals surface area contributed by atoms with Crippen molar-refractivity contribution in [2.24, 2.45) is 0 Å². The Hall–Kier alpha value is -2.78. The fraction of sp³-hybridized carbons (Fsp3) is 0.259. The van der Waals surface area contributed by atoms with Crippen LogP contribution in [0.25, 0.3) is 10.2 Å². The highest BCUT2D eigenvalue weighted by Crippen LogP contribution is 2.35. The van der Waals surface area contributed by atoms with E-state index in [9.17, 15) is 13.2 Å².